The van der Waals surface area contributed by atoms with Gasteiger partial charge in [-0.3, -0.25) is 10.5 Å². The van der Waals surface area contributed by atoms with E-state index < -0.39 is 23.2 Å². The molecule has 0 aliphatic carbocycles. The van der Waals surface area contributed by atoms with Crippen LogP contribution in [0.3, 0.4) is 0 Å². The zero-order valence-corrected chi connectivity index (χ0v) is 12.7. The summed E-state index contributed by atoms with van der Waals surface area (Å²) < 4.78 is 44.3. The highest BCUT2D eigenvalue weighted by Gasteiger charge is 2.47. The van der Waals surface area contributed by atoms with Crippen molar-refractivity contribution >= 4 is 11.4 Å². The summed E-state index contributed by atoms with van der Waals surface area (Å²) in [5, 5.41) is 0. The Hall–Kier alpha value is -2.60. The molecule has 0 spiro atoms. The number of hydrogen-bond donors (Lipinski definition) is 1. The predicted molar refractivity (Wildman–Crippen MR) is 82.4 cm³/mol. The van der Waals surface area contributed by atoms with Crippen molar-refractivity contribution in [2.24, 2.45) is 5.73 Å². The number of hydrogen-bond acceptors (Lipinski definition) is 3. The van der Waals surface area contributed by atoms with Crippen molar-refractivity contribution in [3.63, 3.8) is 0 Å². The van der Waals surface area contributed by atoms with Crippen molar-refractivity contribution in [1.82, 2.24) is 0 Å². The maximum absolute atomic E-state index is 12.9. The van der Waals surface area contributed by atoms with E-state index in [9.17, 15) is 18.0 Å². The van der Waals surface area contributed by atoms with Gasteiger partial charge in [0.05, 0.1) is 11.1 Å². The zero-order chi connectivity index (χ0) is 17.5. The molecule has 0 saturated heterocycles. The fourth-order valence-electron chi connectivity index (χ4n) is 2.75. The molecule has 1 aliphatic rings. The smallest absolute Gasteiger partial charge is 0.416 e. The van der Waals surface area contributed by atoms with Crippen molar-refractivity contribution in [1.29, 1.82) is 0 Å². The molecular formula is C18H14F3NO2. The van der Waals surface area contributed by atoms with Gasteiger partial charge in [-0.15, -0.1) is 0 Å². The third-order valence-corrected chi connectivity index (χ3v) is 3.91. The van der Waals surface area contributed by atoms with Crippen molar-refractivity contribution in [3.8, 4) is 0 Å². The number of allylic oxidation sites excluding steroid dienone is 1. The van der Waals surface area contributed by atoms with Crippen LogP contribution >= 0.6 is 0 Å². The molecule has 1 aliphatic heterocycles. The minimum atomic E-state index is -4.49. The summed E-state index contributed by atoms with van der Waals surface area (Å²) in [4.78, 5) is 12.8. The third-order valence-electron chi connectivity index (χ3n) is 3.91. The number of Topliss-reactive ketones (excluding diaryl/α,β-unsaturated/α-hetero) is 1. The maximum Gasteiger partial charge on any atom is 0.416 e. The third kappa shape index (κ3) is 2.59. The molecular weight excluding hydrogens is 319 g/mol. The molecule has 6 heteroatoms. The van der Waals surface area contributed by atoms with Crippen LogP contribution < -0.4 is 5.73 Å². The van der Waals surface area contributed by atoms with Gasteiger partial charge in [0.2, 0.25) is 11.5 Å². The Morgan fingerprint density at radius 1 is 1.04 bits per heavy atom. The number of ketones is 1. The second-order valence-corrected chi connectivity index (χ2v) is 5.54. The van der Waals surface area contributed by atoms with E-state index in [0.29, 0.717) is 5.56 Å². The number of benzene rings is 2. The highest BCUT2D eigenvalue weighted by molar-refractivity contribution is 6.26. The minimum Gasteiger partial charge on any atom is -0.465 e. The van der Waals surface area contributed by atoms with Crippen molar-refractivity contribution in [2.75, 3.05) is 0 Å². The van der Waals surface area contributed by atoms with E-state index in [4.69, 9.17) is 10.5 Å². The Labute approximate surface area is 136 Å². The molecule has 2 N–H and O–H groups in total. The first-order chi connectivity index (χ1) is 11.2. The Balaban J connectivity index is 2.04. The minimum absolute atomic E-state index is 0.0625. The van der Waals surface area contributed by atoms with E-state index >= 15 is 0 Å². The molecule has 124 valence electrons. The van der Waals surface area contributed by atoms with Crippen LogP contribution in [-0.4, -0.2) is 5.78 Å². The number of rotatable bonds is 2. The summed E-state index contributed by atoms with van der Waals surface area (Å²) in [7, 11) is 0. The molecule has 1 atom stereocenters. The van der Waals surface area contributed by atoms with Crippen LogP contribution in [0.1, 0.15) is 23.6 Å². The number of alkyl halides is 3. The van der Waals surface area contributed by atoms with Gasteiger partial charge in [-0.2, -0.15) is 13.2 Å². The zero-order valence-electron chi connectivity index (χ0n) is 12.7. The first-order valence-corrected chi connectivity index (χ1v) is 7.20. The first-order valence-electron chi connectivity index (χ1n) is 7.20. The molecule has 1 unspecified atom stereocenters. The summed E-state index contributed by atoms with van der Waals surface area (Å²) in [6, 6.07) is 13.0. The number of ether oxygens (including phenoxy) is 1. The van der Waals surface area contributed by atoms with Crippen LogP contribution in [0, 0.1) is 0 Å². The summed E-state index contributed by atoms with van der Waals surface area (Å²) in [6.07, 6.45) is -4.49. The molecule has 0 fully saturated rings. The molecule has 1 heterocycles. The van der Waals surface area contributed by atoms with Gasteiger partial charge in [0.15, 0.2) is 0 Å². The lowest BCUT2D eigenvalue weighted by Crippen LogP contribution is -2.43. The van der Waals surface area contributed by atoms with Gasteiger partial charge < -0.3 is 4.74 Å². The highest BCUT2D eigenvalue weighted by atomic mass is 19.4. The number of carbonyl (C=O) groups excluding carboxylic acids is 1. The fraction of sp³-hybridized carbons (Fsp3) is 0.167. The van der Waals surface area contributed by atoms with E-state index in [1.807, 2.05) is 0 Å². The largest absolute Gasteiger partial charge is 0.465 e. The molecule has 0 saturated carbocycles. The number of nitrogens with two attached hydrogens (primary N) is 1. The summed E-state index contributed by atoms with van der Waals surface area (Å²) >= 11 is 0. The Bertz CT molecular complexity index is 828. The van der Waals surface area contributed by atoms with E-state index in [1.165, 1.54) is 19.1 Å². The highest BCUT2D eigenvalue weighted by Crippen LogP contribution is 2.40. The second-order valence-electron chi connectivity index (χ2n) is 5.54. The Morgan fingerprint density at radius 2 is 1.71 bits per heavy atom. The lowest BCUT2D eigenvalue weighted by molar-refractivity contribution is -0.137. The van der Waals surface area contributed by atoms with E-state index in [1.54, 1.807) is 30.3 Å². The van der Waals surface area contributed by atoms with Gasteiger partial charge in [-0.25, -0.2) is 0 Å². The monoisotopic (exact) mass is 333 g/mol. The Kier molecular flexibility index (Phi) is 3.72. The molecule has 0 radical (unpaired) electrons. The molecule has 3 nitrogen and oxygen atoms in total. The van der Waals surface area contributed by atoms with Crippen LogP contribution in [0.15, 0.2) is 60.4 Å². The van der Waals surface area contributed by atoms with Gasteiger partial charge in [0.1, 0.15) is 5.76 Å². The van der Waals surface area contributed by atoms with Crippen LogP contribution in [0.4, 0.5) is 13.2 Å². The Morgan fingerprint density at radius 3 is 2.33 bits per heavy atom. The van der Waals surface area contributed by atoms with Gasteiger partial charge in [0, 0.05) is 5.56 Å². The topological polar surface area (TPSA) is 52.3 Å². The fourth-order valence-corrected chi connectivity index (χ4v) is 2.75. The predicted octanol–water partition coefficient (Wildman–Crippen LogP) is 3.85. The van der Waals surface area contributed by atoms with Crippen LogP contribution in [0.2, 0.25) is 0 Å². The molecule has 2 aromatic rings. The SMILES string of the molecule is CC1=C(c2cccc(C(F)(F)F)c2)C(=O)C(N)(c2ccccc2)O1. The molecule has 24 heavy (non-hydrogen) atoms. The molecule has 0 bridgehead atoms. The van der Waals surface area contributed by atoms with Gasteiger partial charge in [0.25, 0.3) is 0 Å². The first kappa shape index (κ1) is 16.3. The van der Waals surface area contributed by atoms with Crippen LogP contribution in [-0.2, 0) is 21.4 Å². The lowest BCUT2D eigenvalue weighted by atomic mass is 9.91. The van der Waals surface area contributed by atoms with E-state index in [0.717, 1.165) is 12.1 Å². The average molecular weight is 333 g/mol. The second kappa shape index (κ2) is 5.49. The van der Waals surface area contributed by atoms with Crippen molar-refractivity contribution in [3.05, 3.63) is 77.0 Å². The number of carbonyl (C=O) groups is 1. The van der Waals surface area contributed by atoms with E-state index in [-0.39, 0.29) is 16.9 Å². The summed E-state index contributed by atoms with van der Waals surface area (Å²) in [5.74, 6) is -0.365. The number of halogens is 3. The van der Waals surface area contributed by atoms with Crippen LogP contribution in [0.25, 0.3) is 5.57 Å². The average Bonchev–Trinajstić information content (AvgIpc) is 2.78. The molecule has 2 aromatic carbocycles. The lowest BCUT2D eigenvalue weighted by Gasteiger charge is -2.23. The molecule has 3 rings (SSSR count). The van der Waals surface area contributed by atoms with Gasteiger partial charge >= 0.3 is 6.18 Å². The molecule has 0 amide bonds. The van der Waals surface area contributed by atoms with Gasteiger partial charge in [-0.05, 0) is 24.6 Å². The van der Waals surface area contributed by atoms with E-state index in [2.05, 4.69) is 0 Å². The van der Waals surface area contributed by atoms with Gasteiger partial charge in [-0.1, -0.05) is 42.5 Å². The summed E-state index contributed by atoms with van der Waals surface area (Å²) in [5.41, 5.74) is 4.21. The summed E-state index contributed by atoms with van der Waals surface area (Å²) in [6.45, 7) is 1.52. The normalized spacial score (nSPS) is 21.1. The maximum atomic E-state index is 12.9. The molecule has 0 aromatic heterocycles. The quantitative estimate of drug-likeness (QED) is 0.908. The van der Waals surface area contributed by atoms with Crippen LogP contribution in [0.5, 0.6) is 0 Å². The van der Waals surface area contributed by atoms with Crippen molar-refractivity contribution in [2.45, 2.75) is 18.8 Å². The van der Waals surface area contributed by atoms with Crippen molar-refractivity contribution < 1.29 is 22.7 Å². The standard InChI is InChI=1S/C18H14F3NO2/c1-11-15(12-6-5-9-14(10-12)18(19,20)21)16(23)17(22,24-11)13-7-3-2-4-8-13/h2-10H,22H2,1H3.